The second kappa shape index (κ2) is 6.65. The number of thiophene rings is 1. The first kappa shape index (κ1) is 16.4. The maximum Gasteiger partial charge on any atom is 0.170 e. The highest BCUT2D eigenvalue weighted by Crippen LogP contribution is 2.36. The first-order valence-electron chi connectivity index (χ1n) is 8.04. The van der Waals surface area contributed by atoms with Crippen molar-refractivity contribution >= 4 is 38.6 Å². The molecule has 4 rings (SSSR count). The monoisotopic (exact) mass is 365 g/mol. The van der Waals surface area contributed by atoms with Crippen molar-refractivity contribution in [3.63, 3.8) is 0 Å². The Kier molecular flexibility index (Phi) is 4.18. The lowest BCUT2D eigenvalue weighted by Crippen LogP contribution is -1.99. The second-order valence-electron chi connectivity index (χ2n) is 5.82. The fraction of sp³-hybridized carbons (Fsp3) is 0.0500. The summed E-state index contributed by atoms with van der Waals surface area (Å²) in [6.07, 6.45) is 1.71. The maximum absolute atomic E-state index is 14.8. The van der Waals surface area contributed by atoms with Gasteiger partial charge in [0.15, 0.2) is 11.6 Å². The Bertz CT molecular complexity index is 1080. The topological polar surface area (TPSA) is 60.2 Å². The molecule has 2 heterocycles. The van der Waals surface area contributed by atoms with Gasteiger partial charge in [0, 0.05) is 22.8 Å². The number of para-hydroxylation sites is 1. The van der Waals surface area contributed by atoms with Gasteiger partial charge in [0.1, 0.15) is 10.6 Å². The minimum Gasteiger partial charge on any atom is -0.454 e. The van der Waals surface area contributed by atoms with Crippen LogP contribution in [0.15, 0.2) is 60.1 Å². The fourth-order valence-corrected chi connectivity index (χ4v) is 3.55. The number of benzene rings is 2. The Morgan fingerprint density at radius 2 is 1.88 bits per heavy atom. The fourth-order valence-electron chi connectivity index (χ4n) is 2.73. The number of hydrogen-bond acceptors (Lipinski definition) is 5. The lowest BCUT2D eigenvalue weighted by atomic mass is 10.1. The Hall–Kier alpha value is -3.12. The van der Waals surface area contributed by atoms with Gasteiger partial charge >= 0.3 is 0 Å². The number of rotatable bonds is 4. The van der Waals surface area contributed by atoms with Crippen LogP contribution in [-0.2, 0) is 0 Å². The van der Waals surface area contributed by atoms with E-state index in [4.69, 9.17) is 10.5 Å². The number of nitrogens with one attached hydrogen (secondary N) is 1. The van der Waals surface area contributed by atoms with Crippen molar-refractivity contribution in [1.82, 2.24) is 4.98 Å². The van der Waals surface area contributed by atoms with Crippen molar-refractivity contribution in [2.45, 2.75) is 6.92 Å². The Morgan fingerprint density at radius 1 is 1.08 bits per heavy atom. The van der Waals surface area contributed by atoms with Crippen LogP contribution in [0, 0.1) is 12.7 Å². The Morgan fingerprint density at radius 3 is 2.69 bits per heavy atom. The summed E-state index contributed by atoms with van der Waals surface area (Å²) in [7, 11) is 0. The quantitative estimate of drug-likeness (QED) is 0.475. The molecule has 130 valence electrons. The lowest BCUT2D eigenvalue weighted by Gasteiger charge is -2.14. The molecule has 26 heavy (non-hydrogen) atoms. The minimum atomic E-state index is -0.401. The Balaban J connectivity index is 1.67. The molecule has 0 radical (unpaired) electrons. The molecule has 0 fully saturated rings. The molecule has 2 aromatic carbocycles. The summed E-state index contributed by atoms with van der Waals surface area (Å²) in [6.45, 7) is 1.71. The predicted molar refractivity (Wildman–Crippen MR) is 105 cm³/mol. The zero-order valence-corrected chi connectivity index (χ0v) is 14.8. The summed E-state index contributed by atoms with van der Waals surface area (Å²) >= 11 is 1.48. The van der Waals surface area contributed by atoms with E-state index < -0.39 is 5.82 Å². The third kappa shape index (κ3) is 2.95. The molecule has 0 saturated heterocycles. The van der Waals surface area contributed by atoms with Gasteiger partial charge in [-0.1, -0.05) is 18.2 Å². The number of nitrogen functional groups attached to an aromatic ring is 1. The Labute approximate surface area is 154 Å². The van der Waals surface area contributed by atoms with Crippen molar-refractivity contribution in [2.75, 3.05) is 11.1 Å². The number of nitrogens with zero attached hydrogens (tertiary/aromatic N) is 1. The third-order valence-electron chi connectivity index (χ3n) is 4.09. The molecule has 4 nitrogen and oxygen atoms in total. The van der Waals surface area contributed by atoms with E-state index in [0.29, 0.717) is 22.7 Å². The number of pyridine rings is 1. The number of halogens is 1. The molecule has 0 aliphatic carbocycles. The summed E-state index contributed by atoms with van der Waals surface area (Å²) in [6, 6.07) is 14.4. The van der Waals surface area contributed by atoms with Gasteiger partial charge in [-0.2, -0.15) is 0 Å². The van der Waals surface area contributed by atoms with E-state index in [1.54, 1.807) is 37.4 Å². The van der Waals surface area contributed by atoms with Gasteiger partial charge in [0.2, 0.25) is 0 Å². The molecule has 4 aromatic rings. The van der Waals surface area contributed by atoms with Crippen LogP contribution in [0.2, 0.25) is 0 Å². The van der Waals surface area contributed by atoms with E-state index in [2.05, 4.69) is 10.3 Å². The highest BCUT2D eigenvalue weighted by molar-refractivity contribution is 7.17. The summed E-state index contributed by atoms with van der Waals surface area (Å²) in [4.78, 5) is 5.15. The average Bonchev–Trinajstić information content (AvgIpc) is 3.04. The third-order valence-corrected chi connectivity index (χ3v) is 5.00. The highest BCUT2D eigenvalue weighted by atomic mass is 32.1. The molecule has 3 N–H and O–H groups in total. The summed E-state index contributed by atoms with van der Waals surface area (Å²) in [5, 5.41) is 5.97. The van der Waals surface area contributed by atoms with Crippen molar-refractivity contribution in [3.8, 4) is 11.5 Å². The number of anilines is 3. The standard InChI is InChI=1S/C20H16FN3OS/c1-12-15(24-16-9-10-23-20-18(16)14(22)11-26-20)7-8-17(19(12)21)25-13-5-3-2-4-6-13/h2-11H,22H2,1H3,(H,23,24). The molecule has 0 atom stereocenters. The van der Waals surface area contributed by atoms with Crippen LogP contribution in [0.4, 0.5) is 21.5 Å². The van der Waals surface area contributed by atoms with E-state index in [1.807, 2.05) is 29.6 Å². The van der Waals surface area contributed by atoms with Crippen molar-refractivity contribution < 1.29 is 9.13 Å². The molecule has 6 heteroatoms. The number of ether oxygens (including phenoxy) is 1. The van der Waals surface area contributed by atoms with Gasteiger partial charge in [-0.25, -0.2) is 9.37 Å². The van der Waals surface area contributed by atoms with Gasteiger partial charge in [-0.3, -0.25) is 0 Å². The molecule has 0 aliphatic heterocycles. The van der Waals surface area contributed by atoms with E-state index in [9.17, 15) is 4.39 Å². The predicted octanol–water partition coefficient (Wildman–Crippen LogP) is 5.86. The van der Waals surface area contributed by atoms with Gasteiger partial charge in [0.25, 0.3) is 0 Å². The molecule has 0 bridgehead atoms. The van der Waals surface area contributed by atoms with Crippen molar-refractivity contribution in [2.24, 2.45) is 0 Å². The van der Waals surface area contributed by atoms with E-state index in [0.717, 1.165) is 15.9 Å². The van der Waals surface area contributed by atoms with Crippen molar-refractivity contribution in [1.29, 1.82) is 0 Å². The van der Waals surface area contributed by atoms with Crippen LogP contribution in [0.5, 0.6) is 11.5 Å². The molecule has 0 unspecified atom stereocenters. The lowest BCUT2D eigenvalue weighted by molar-refractivity contribution is 0.440. The molecule has 0 spiro atoms. The van der Waals surface area contributed by atoms with Gasteiger partial charge in [-0.15, -0.1) is 11.3 Å². The number of aromatic nitrogens is 1. The zero-order chi connectivity index (χ0) is 18.1. The normalized spacial score (nSPS) is 10.8. The molecular formula is C20H16FN3OS. The van der Waals surface area contributed by atoms with Crippen LogP contribution < -0.4 is 15.8 Å². The smallest absolute Gasteiger partial charge is 0.170 e. The van der Waals surface area contributed by atoms with E-state index in [-0.39, 0.29) is 5.75 Å². The van der Waals surface area contributed by atoms with Crippen LogP contribution in [0.3, 0.4) is 0 Å². The van der Waals surface area contributed by atoms with Gasteiger partial charge in [-0.05, 0) is 37.3 Å². The molecule has 0 saturated carbocycles. The van der Waals surface area contributed by atoms with E-state index in [1.165, 1.54) is 11.3 Å². The summed E-state index contributed by atoms with van der Waals surface area (Å²) in [5.74, 6) is 0.380. The second-order valence-corrected chi connectivity index (χ2v) is 6.68. The molecule has 0 aliphatic rings. The number of fused-ring (bicyclic) bond motifs is 1. The van der Waals surface area contributed by atoms with Crippen LogP contribution in [-0.4, -0.2) is 4.98 Å². The first-order chi connectivity index (χ1) is 12.6. The zero-order valence-electron chi connectivity index (χ0n) is 14.0. The molecule has 0 amide bonds. The SMILES string of the molecule is Cc1c(Nc2ccnc3scc(N)c23)ccc(Oc2ccccc2)c1F. The largest absolute Gasteiger partial charge is 0.454 e. The first-order valence-corrected chi connectivity index (χ1v) is 8.92. The average molecular weight is 365 g/mol. The van der Waals surface area contributed by atoms with Gasteiger partial charge in [0.05, 0.1) is 16.8 Å². The number of hydrogen-bond donors (Lipinski definition) is 2. The number of nitrogens with two attached hydrogens (primary N) is 1. The van der Waals surface area contributed by atoms with Crippen LogP contribution in [0.25, 0.3) is 10.2 Å². The summed E-state index contributed by atoms with van der Waals surface area (Å²) in [5.41, 5.74) is 8.62. The highest BCUT2D eigenvalue weighted by Gasteiger charge is 2.14. The molecule has 2 aromatic heterocycles. The van der Waals surface area contributed by atoms with Gasteiger partial charge < -0.3 is 15.8 Å². The van der Waals surface area contributed by atoms with Crippen LogP contribution in [0.1, 0.15) is 5.56 Å². The van der Waals surface area contributed by atoms with Crippen molar-refractivity contribution in [3.05, 3.63) is 71.5 Å². The minimum absolute atomic E-state index is 0.189. The molecular weight excluding hydrogens is 349 g/mol. The van der Waals surface area contributed by atoms with Crippen LogP contribution >= 0.6 is 11.3 Å². The summed E-state index contributed by atoms with van der Waals surface area (Å²) < 4.78 is 20.4. The van der Waals surface area contributed by atoms with E-state index >= 15 is 0 Å². The maximum atomic E-state index is 14.8.